The van der Waals surface area contributed by atoms with Crippen LogP contribution in [0.4, 0.5) is 5.00 Å². The van der Waals surface area contributed by atoms with Crippen molar-refractivity contribution in [2.45, 2.75) is 39.0 Å². The van der Waals surface area contributed by atoms with E-state index in [1.165, 1.54) is 21.2 Å². The molecule has 4 nitrogen and oxygen atoms in total. The molecule has 0 bridgehead atoms. The number of carbonyl (C=O) groups is 1. The highest BCUT2D eigenvalue weighted by Crippen LogP contribution is 2.41. The molecule has 27 heavy (non-hydrogen) atoms. The van der Waals surface area contributed by atoms with Crippen LogP contribution in [0.1, 0.15) is 46.4 Å². The van der Waals surface area contributed by atoms with E-state index in [0.717, 1.165) is 35.6 Å². The zero-order chi connectivity index (χ0) is 18.5. The highest BCUT2D eigenvalue weighted by molar-refractivity contribution is 7.16. The van der Waals surface area contributed by atoms with Crippen molar-refractivity contribution in [2.75, 3.05) is 11.9 Å². The number of nitrogens with one attached hydrogen (secondary N) is 2. The average Bonchev–Trinajstić information content (AvgIpc) is 3.05. The van der Waals surface area contributed by atoms with E-state index in [4.69, 9.17) is 0 Å². The lowest BCUT2D eigenvalue weighted by atomic mass is 9.98. The lowest BCUT2D eigenvalue weighted by Crippen LogP contribution is -2.39. The first-order valence-electron chi connectivity index (χ1n) is 9.55. The Balaban J connectivity index is 1.53. The highest BCUT2D eigenvalue weighted by Gasteiger charge is 2.34. The summed E-state index contributed by atoms with van der Waals surface area (Å²) < 4.78 is 0. The molecule has 2 aliphatic heterocycles. The molecule has 5 rings (SSSR count). The van der Waals surface area contributed by atoms with Gasteiger partial charge in [-0.2, -0.15) is 0 Å². The minimum Gasteiger partial charge on any atom is -0.353 e. The van der Waals surface area contributed by atoms with Gasteiger partial charge in [-0.1, -0.05) is 42.5 Å². The molecule has 138 valence electrons. The smallest absolute Gasteiger partial charge is 0.256 e. The molecule has 3 aromatic rings. The number of fused-ring (bicyclic) bond motifs is 4. The van der Waals surface area contributed by atoms with Crippen molar-refractivity contribution in [3.8, 4) is 0 Å². The van der Waals surface area contributed by atoms with Crippen molar-refractivity contribution in [3.63, 3.8) is 0 Å². The molecule has 2 N–H and O–H groups in total. The van der Waals surface area contributed by atoms with Crippen molar-refractivity contribution in [1.29, 1.82) is 0 Å². The van der Waals surface area contributed by atoms with Gasteiger partial charge in [0, 0.05) is 29.6 Å². The van der Waals surface area contributed by atoms with Crippen molar-refractivity contribution < 1.29 is 4.79 Å². The van der Waals surface area contributed by atoms with E-state index in [1.54, 1.807) is 11.3 Å². The van der Waals surface area contributed by atoms with Gasteiger partial charge in [-0.25, -0.2) is 0 Å². The number of carbonyl (C=O) groups excluding carboxylic acids is 1. The maximum atomic E-state index is 13.0. The van der Waals surface area contributed by atoms with E-state index in [1.807, 2.05) is 12.1 Å². The first-order chi connectivity index (χ1) is 13.1. The molecule has 5 heteroatoms. The van der Waals surface area contributed by atoms with Crippen molar-refractivity contribution in [2.24, 2.45) is 0 Å². The van der Waals surface area contributed by atoms with Crippen LogP contribution in [0.15, 0.2) is 42.5 Å². The van der Waals surface area contributed by atoms with E-state index in [-0.39, 0.29) is 12.1 Å². The quantitative estimate of drug-likeness (QED) is 0.690. The van der Waals surface area contributed by atoms with Gasteiger partial charge >= 0.3 is 0 Å². The summed E-state index contributed by atoms with van der Waals surface area (Å²) in [6.07, 6.45) is 0.755. The van der Waals surface area contributed by atoms with Crippen LogP contribution in [-0.2, 0) is 13.0 Å². The topological polar surface area (TPSA) is 44.4 Å². The summed E-state index contributed by atoms with van der Waals surface area (Å²) in [5.74, 6) is 0.0529. The molecule has 0 fully saturated rings. The third kappa shape index (κ3) is 2.73. The lowest BCUT2D eigenvalue weighted by Gasteiger charge is -2.31. The number of rotatable bonds is 2. The van der Waals surface area contributed by atoms with E-state index in [2.05, 4.69) is 59.7 Å². The Morgan fingerprint density at radius 2 is 1.93 bits per heavy atom. The van der Waals surface area contributed by atoms with Gasteiger partial charge in [0.25, 0.3) is 5.91 Å². The Hall–Kier alpha value is -2.37. The van der Waals surface area contributed by atoms with Crippen molar-refractivity contribution >= 4 is 33.0 Å². The fraction of sp³-hybridized carbons (Fsp3) is 0.318. The van der Waals surface area contributed by atoms with Gasteiger partial charge in [0.1, 0.15) is 11.2 Å². The van der Waals surface area contributed by atoms with Crippen LogP contribution in [0, 0.1) is 0 Å². The Kier molecular flexibility index (Phi) is 3.95. The average molecular weight is 378 g/mol. The van der Waals surface area contributed by atoms with Crippen LogP contribution in [0.25, 0.3) is 10.8 Å². The molecule has 0 radical (unpaired) electrons. The predicted octanol–water partition coefficient (Wildman–Crippen LogP) is 4.52. The number of nitrogens with zero attached hydrogens (tertiary/aromatic N) is 1. The van der Waals surface area contributed by atoms with Gasteiger partial charge in [-0.05, 0) is 36.6 Å². The molecular weight excluding hydrogens is 354 g/mol. The Labute approximate surface area is 163 Å². The second kappa shape index (κ2) is 6.36. The van der Waals surface area contributed by atoms with E-state index in [9.17, 15) is 4.79 Å². The fourth-order valence-corrected chi connectivity index (χ4v) is 5.53. The highest BCUT2D eigenvalue weighted by atomic mass is 32.1. The molecule has 0 aliphatic carbocycles. The van der Waals surface area contributed by atoms with Gasteiger partial charge in [0.05, 0.1) is 5.56 Å². The first kappa shape index (κ1) is 16.8. The van der Waals surface area contributed by atoms with Crippen LogP contribution in [-0.4, -0.2) is 23.4 Å². The summed E-state index contributed by atoms with van der Waals surface area (Å²) in [5.41, 5.74) is 3.23. The van der Waals surface area contributed by atoms with Gasteiger partial charge in [-0.3, -0.25) is 9.69 Å². The van der Waals surface area contributed by atoms with E-state index < -0.39 is 0 Å². The SMILES string of the molecule is CC(C)N1CCc2c(sc3c2C(=O)NC(c2cccc4ccccc24)N3)C1. The lowest BCUT2D eigenvalue weighted by molar-refractivity contribution is 0.0934. The Morgan fingerprint density at radius 3 is 2.78 bits per heavy atom. The fourth-order valence-electron chi connectivity index (χ4n) is 4.23. The number of hydrogen-bond acceptors (Lipinski definition) is 4. The molecular formula is C22H23N3OS. The Bertz CT molecular complexity index is 1030. The molecule has 0 saturated carbocycles. The van der Waals surface area contributed by atoms with Gasteiger partial charge in [0.15, 0.2) is 0 Å². The van der Waals surface area contributed by atoms with Gasteiger partial charge < -0.3 is 10.6 Å². The van der Waals surface area contributed by atoms with Gasteiger partial charge in [-0.15, -0.1) is 11.3 Å². The molecule has 3 heterocycles. The van der Waals surface area contributed by atoms with Crippen molar-refractivity contribution in [1.82, 2.24) is 10.2 Å². The third-order valence-corrected chi connectivity index (χ3v) is 6.88. The van der Waals surface area contributed by atoms with E-state index in [0.29, 0.717) is 6.04 Å². The summed E-state index contributed by atoms with van der Waals surface area (Å²) in [6.45, 7) is 6.44. The van der Waals surface area contributed by atoms with Crippen LogP contribution in [0.5, 0.6) is 0 Å². The van der Waals surface area contributed by atoms with Gasteiger partial charge in [0.2, 0.25) is 0 Å². The van der Waals surface area contributed by atoms with Crippen LogP contribution in [0.2, 0.25) is 0 Å². The number of benzene rings is 2. The summed E-state index contributed by atoms with van der Waals surface area (Å²) in [7, 11) is 0. The largest absolute Gasteiger partial charge is 0.353 e. The molecule has 1 amide bonds. The zero-order valence-corrected chi connectivity index (χ0v) is 16.4. The standard InChI is InChI=1S/C22H23N3OS/c1-13(2)25-11-10-17-18(12-25)27-22-19(17)21(26)23-20(24-22)16-9-5-7-14-6-3-4-8-15(14)16/h3-9,13,20,24H,10-12H2,1-2H3,(H,23,26). The van der Waals surface area contributed by atoms with Crippen LogP contribution < -0.4 is 10.6 Å². The number of thiophene rings is 1. The van der Waals surface area contributed by atoms with Crippen LogP contribution in [0.3, 0.4) is 0 Å². The predicted molar refractivity (Wildman–Crippen MR) is 111 cm³/mol. The molecule has 2 aromatic carbocycles. The normalized spacial score (nSPS) is 19.5. The second-order valence-electron chi connectivity index (χ2n) is 7.64. The third-order valence-electron chi connectivity index (χ3n) is 5.73. The van der Waals surface area contributed by atoms with Crippen LogP contribution >= 0.6 is 11.3 Å². The molecule has 2 aliphatic rings. The second-order valence-corrected chi connectivity index (χ2v) is 8.75. The molecule has 0 saturated heterocycles. The molecule has 1 unspecified atom stereocenters. The molecule has 0 spiro atoms. The minimum absolute atomic E-state index is 0.0529. The summed E-state index contributed by atoms with van der Waals surface area (Å²) in [5, 5.41) is 10.2. The summed E-state index contributed by atoms with van der Waals surface area (Å²) in [6, 6.07) is 15.1. The van der Waals surface area contributed by atoms with E-state index >= 15 is 0 Å². The minimum atomic E-state index is -0.197. The monoisotopic (exact) mass is 377 g/mol. The molecule has 1 atom stereocenters. The number of amides is 1. The maximum absolute atomic E-state index is 13.0. The maximum Gasteiger partial charge on any atom is 0.256 e. The Morgan fingerprint density at radius 1 is 1.11 bits per heavy atom. The van der Waals surface area contributed by atoms with Crippen molar-refractivity contribution in [3.05, 3.63) is 64.0 Å². The summed E-state index contributed by atoms with van der Waals surface area (Å²) in [4.78, 5) is 16.8. The number of anilines is 1. The number of hydrogen-bond donors (Lipinski definition) is 2. The molecule has 1 aromatic heterocycles. The zero-order valence-electron chi connectivity index (χ0n) is 15.6. The first-order valence-corrected chi connectivity index (χ1v) is 10.4. The summed E-state index contributed by atoms with van der Waals surface area (Å²) >= 11 is 1.75.